The quantitative estimate of drug-likeness (QED) is 0.764. The van der Waals surface area contributed by atoms with E-state index >= 15 is 0 Å². The lowest BCUT2D eigenvalue weighted by molar-refractivity contribution is 0.553. The molecule has 96 valence electrons. The van der Waals surface area contributed by atoms with E-state index in [0.29, 0.717) is 26.8 Å². The largest absolute Gasteiger partial charge is 0.448 e. The standard InChI is InChI=1S/C13H9BrClN3O/c14-12-6-5-11(19-12)13-9(16)7-18(17-13)10-4-2-1-3-8(10)15/h1-7H,16H2. The van der Waals surface area contributed by atoms with E-state index in [-0.39, 0.29) is 0 Å². The SMILES string of the molecule is Nc1cn(-c2ccccc2Cl)nc1-c1ccc(Br)o1. The highest BCUT2D eigenvalue weighted by atomic mass is 79.9. The minimum Gasteiger partial charge on any atom is -0.448 e. The molecule has 1 aromatic carbocycles. The first-order valence-corrected chi connectivity index (χ1v) is 6.68. The van der Waals surface area contributed by atoms with Crippen LogP contribution in [-0.4, -0.2) is 9.78 Å². The monoisotopic (exact) mass is 337 g/mol. The molecule has 0 aliphatic rings. The molecule has 4 nitrogen and oxygen atoms in total. The molecule has 0 bridgehead atoms. The minimum absolute atomic E-state index is 0.529. The summed E-state index contributed by atoms with van der Waals surface area (Å²) in [5.41, 5.74) is 7.86. The van der Waals surface area contributed by atoms with Crippen molar-refractivity contribution >= 4 is 33.2 Å². The average Bonchev–Trinajstić information content (AvgIpc) is 2.96. The predicted molar refractivity (Wildman–Crippen MR) is 78.4 cm³/mol. The van der Waals surface area contributed by atoms with Gasteiger partial charge in [0.2, 0.25) is 0 Å². The van der Waals surface area contributed by atoms with E-state index in [0.717, 1.165) is 5.69 Å². The van der Waals surface area contributed by atoms with Gasteiger partial charge in [0.1, 0.15) is 0 Å². The summed E-state index contributed by atoms with van der Waals surface area (Å²) >= 11 is 9.39. The summed E-state index contributed by atoms with van der Waals surface area (Å²) in [6, 6.07) is 11.0. The molecule has 0 radical (unpaired) electrons. The van der Waals surface area contributed by atoms with Crippen molar-refractivity contribution in [2.24, 2.45) is 0 Å². The number of nitrogen functional groups attached to an aromatic ring is 1. The topological polar surface area (TPSA) is 57.0 Å². The van der Waals surface area contributed by atoms with E-state index in [9.17, 15) is 0 Å². The van der Waals surface area contributed by atoms with Crippen LogP contribution in [0.4, 0.5) is 5.69 Å². The van der Waals surface area contributed by atoms with E-state index in [2.05, 4.69) is 21.0 Å². The number of nitrogens with zero attached hydrogens (tertiary/aromatic N) is 2. The van der Waals surface area contributed by atoms with Gasteiger partial charge in [0.15, 0.2) is 16.1 Å². The maximum Gasteiger partial charge on any atom is 0.169 e. The molecule has 2 aromatic heterocycles. The molecular weight excluding hydrogens is 330 g/mol. The highest BCUT2D eigenvalue weighted by molar-refractivity contribution is 9.10. The van der Waals surface area contributed by atoms with E-state index < -0.39 is 0 Å². The molecule has 2 N–H and O–H groups in total. The molecule has 0 fully saturated rings. The molecule has 0 saturated carbocycles. The van der Waals surface area contributed by atoms with Crippen molar-refractivity contribution in [1.29, 1.82) is 0 Å². The van der Waals surface area contributed by atoms with Crippen molar-refractivity contribution < 1.29 is 4.42 Å². The van der Waals surface area contributed by atoms with Gasteiger partial charge in [0.25, 0.3) is 0 Å². The van der Waals surface area contributed by atoms with Gasteiger partial charge in [-0.3, -0.25) is 0 Å². The summed E-state index contributed by atoms with van der Waals surface area (Å²) in [5.74, 6) is 0.607. The van der Waals surface area contributed by atoms with Crippen LogP contribution in [0.1, 0.15) is 0 Å². The van der Waals surface area contributed by atoms with Crippen LogP contribution in [0, 0.1) is 0 Å². The summed E-state index contributed by atoms with van der Waals surface area (Å²) < 4.78 is 7.73. The normalized spacial score (nSPS) is 10.8. The smallest absolute Gasteiger partial charge is 0.169 e. The summed E-state index contributed by atoms with van der Waals surface area (Å²) in [4.78, 5) is 0. The Kier molecular flexibility index (Phi) is 3.08. The summed E-state index contributed by atoms with van der Waals surface area (Å²) in [6.45, 7) is 0. The molecule has 3 rings (SSSR count). The number of aromatic nitrogens is 2. The van der Waals surface area contributed by atoms with Crippen molar-refractivity contribution in [3.63, 3.8) is 0 Å². The fraction of sp³-hybridized carbons (Fsp3) is 0. The van der Waals surface area contributed by atoms with Crippen molar-refractivity contribution in [1.82, 2.24) is 9.78 Å². The van der Waals surface area contributed by atoms with E-state index in [4.69, 9.17) is 21.8 Å². The highest BCUT2D eigenvalue weighted by Crippen LogP contribution is 2.30. The molecule has 0 atom stereocenters. The first kappa shape index (κ1) is 12.3. The average molecular weight is 339 g/mol. The van der Waals surface area contributed by atoms with Gasteiger partial charge >= 0.3 is 0 Å². The molecule has 6 heteroatoms. The maximum absolute atomic E-state index is 6.14. The molecule has 0 aliphatic heterocycles. The van der Waals surface area contributed by atoms with Crippen LogP contribution in [0.3, 0.4) is 0 Å². The zero-order valence-corrected chi connectivity index (χ0v) is 12.0. The Hall–Kier alpha value is -1.72. The number of benzene rings is 1. The van der Waals surface area contributed by atoms with Gasteiger partial charge in [0.05, 0.1) is 22.6 Å². The van der Waals surface area contributed by atoms with Crippen LogP contribution in [0.5, 0.6) is 0 Å². The lowest BCUT2D eigenvalue weighted by Crippen LogP contribution is -1.95. The molecular formula is C13H9BrClN3O. The number of halogens is 2. The highest BCUT2D eigenvalue weighted by Gasteiger charge is 2.14. The van der Waals surface area contributed by atoms with Gasteiger partial charge in [-0.25, -0.2) is 4.68 Å². The molecule has 0 spiro atoms. The van der Waals surface area contributed by atoms with E-state index in [1.54, 1.807) is 29.1 Å². The van der Waals surface area contributed by atoms with E-state index in [1.165, 1.54) is 0 Å². The lowest BCUT2D eigenvalue weighted by Gasteiger charge is -2.02. The minimum atomic E-state index is 0.529. The maximum atomic E-state index is 6.14. The molecule has 0 unspecified atom stereocenters. The third-order valence-electron chi connectivity index (χ3n) is 2.65. The van der Waals surface area contributed by atoms with Crippen LogP contribution in [0.25, 0.3) is 17.1 Å². The number of nitrogens with two attached hydrogens (primary N) is 1. The summed E-state index contributed by atoms with van der Waals surface area (Å²) in [6.07, 6.45) is 1.72. The van der Waals surface area contributed by atoms with Crippen molar-refractivity contribution in [3.8, 4) is 17.1 Å². The fourth-order valence-electron chi connectivity index (χ4n) is 1.78. The van der Waals surface area contributed by atoms with Crippen LogP contribution in [0.15, 0.2) is 51.7 Å². The number of rotatable bonds is 2. The van der Waals surface area contributed by atoms with Crippen molar-refractivity contribution in [2.45, 2.75) is 0 Å². The zero-order chi connectivity index (χ0) is 13.4. The fourth-order valence-corrected chi connectivity index (χ4v) is 2.31. The van der Waals surface area contributed by atoms with Gasteiger partial charge in [-0.05, 0) is 40.2 Å². The Balaban J connectivity index is 2.10. The van der Waals surface area contributed by atoms with Crippen molar-refractivity contribution in [2.75, 3.05) is 5.73 Å². The summed E-state index contributed by atoms with van der Waals surface area (Å²) in [5, 5.41) is 5.03. The molecule has 19 heavy (non-hydrogen) atoms. The molecule has 3 aromatic rings. The Labute approximate surface area is 122 Å². The second-order valence-corrected chi connectivity index (χ2v) is 5.12. The third-order valence-corrected chi connectivity index (χ3v) is 3.39. The predicted octanol–water partition coefficient (Wildman–Crippen LogP) is 4.13. The van der Waals surface area contributed by atoms with Gasteiger partial charge in [-0.15, -0.1) is 0 Å². The number of furan rings is 1. The second-order valence-electron chi connectivity index (χ2n) is 3.93. The van der Waals surface area contributed by atoms with Crippen LogP contribution >= 0.6 is 27.5 Å². The Morgan fingerprint density at radius 1 is 1.21 bits per heavy atom. The van der Waals surface area contributed by atoms with Gasteiger partial charge in [0, 0.05) is 0 Å². The number of anilines is 1. The summed E-state index contributed by atoms with van der Waals surface area (Å²) in [7, 11) is 0. The number of para-hydroxylation sites is 1. The first-order chi connectivity index (χ1) is 9.15. The molecule has 0 saturated heterocycles. The Bertz CT molecular complexity index is 735. The number of hydrogen-bond donors (Lipinski definition) is 1. The first-order valence-electron chi connectivity index (χ1n) is 5.51. The van der Waals surface area contributed by atoms with Crippen LogP contribution < -0.4 is 5.73 Å². The van der Waals surface area contributed by atoms with Gasteiger partial charge < -0.3 is 10.2 Å². The van der Waals surface area contributed by atoms with Crippen LogP contribution in [0.2, 0.25) is 5.02 Å². The Morgan fingerprint density at radius 3 is 2.68 bits per heavy atom. The second kappa shape index (κ2) is 4.75. The van der Waals surface area contributed by atoms with Gasteiger partial charge in [-0.2, -0.15) is 5.10 Å². The molecule has 2 heterocycles. The zero-order valence-electron chi connectivity index (χ0n) is 9.68. The van der Waals surface area contributed by atoms with Crippen LogP contribution in [-0.2, 0) is 0 Å². The molecule has 0 amide bonds. The van der Waals surface area contributed by atoms with Crippen molar-refractivity contribution in [3.05, 3.63) is 52.3 Å². The lowest BCUT2D eigenvalue weighted by atomic mass is 10.3. The van der Waals surface area contributed by atoms with Gasteiger partial charge in [-0.1, -0.05) is 23.7 Å². The molecule has 0 aliphatic carbocycles. The Morgan fingerprint density at radius 2 is 2.00 bits per heavy atom. The van der Waals surface area contributed by atoms with E-state index in [1.807, 2.05) is 18.2 Å². The number of hydrogen-bond acceptors (Lipinski definition) is 3. The third kappa shape index (κ3) is 2.27.